The maximum absolute atomic E-state index is 12.1. The van der Waals surface area contributed by atoms with Crippen LogP contribution in [0.5, 0.6) is 11.5 Å². The third-order valence-corrected chi connectivity index (χ3v) is 4.53. The third-order valence-electron chi connectivity index (χ3n) is 4.53. The number of nitrogens with one attached hydrogen (secondary N) is 1. The molecule has 28 heavy (non-hydrogen) atoms. The molecule has 0 fully saturated rings. The van der Waals surface area contributed by atoms with Crippen LogP contribution in [0.4, 0.5) is 0 Å². The van der Waals surface area contributed by atoms with Crippen molar-refractivity contribution < 1.29 is 14.3 Å². The van der Waals surface area contributed by atoms with E-state index < -0.39 is 0 Å². The number of carbonyl (C=O) groups is 1. The Hall–Kier alpha value is -2.49. The maximum atomic E-state index is 12.1. The van der Waals surface area contributed by atoms with Crippen LogP contribution in [0, 0.1) is 6.92 Å². The second-order valence-electron chi connectivity index (χ2n) is 8.43. The Morgan fingerprint density at radius 1 is 1.04 bits per heavy atom. The predicted molar refractivity (Wildman–Crippen MR) is 114 cm³/mol. The van der Waals surface area contributed by atoms with E-state index in [0.29, 0.717) is 19.1 Å². The largest absolute Gasteiger partial charge is 0.491 e. The van der Waals surface area contributed by atoms with Gasteiger partial charge in [-0.05, 0) is 47.1 Å². The van der Waals surface area contributed by atoms with Gasteiger partial charge in [0.25, 0.3) is 5.91 Å². The van der Waals surface area contributed by atoms with Gasteiger partial charge in [-0.2, -0.15) is 0 Å². The van der Waals surface area contributed by atoms with E-state index in [2.05, 4.69) is 58.1 Å². The Bertz CT molecular complexity index is 791. The molecular weight excluding hydrogens is 350 g/mol. The lowest BCUT2D eigenvalue weighted by molar-refractivity contribution is -0.123. The van der Waals surface area contributed by atoms with Gasteiger partial charge in [0.15, 0.2) is 6.61 Å². The molecule has 2 aromatic rings. The molecule has 0 aliphatic rings. The lowest BCUT2D eigenvalue weighted by atomic mass is 9.86. The highest BCUT2D eigenvalue weighted by Gasteiger charge is 2.18. The number of hydrogen-bond donors (Lipinski definition) is 1. The van der Waals surface area contributed by atoms with Gasteiger partial charge in [-0.3, -0.25) is 4.79 Å². The Morgan fingerprint density at radius 3 is 2.43 bits per heavy atom. The van der Waals surface area contributed by atoms with Crippen molar-refractivity contribution in [1.29, 1.82) is 0 Å². The van der Waals surface area contributed by atoms with E-state index in [0.717, 1.165) is 28.2 Å². The highest BCUT2D eigenvalue weighted by atomic mass is 16.5. The fourth-order valence-corrected chi connectivity index (χ4v) is 3.00. The smallest absolute Gasteiger partial charge is 0.258 e. The zero-order chi connectivity index (χ0) is 20.7. The first-order valence-corrected chi connectivity index (χ1v) is 9.91. The van der Waals surface area contributed by atoms with E-state index in [1.807, 2.05) is 31.2 Å². The summed E-state index contributed by atoms with van der Waals surface area (Å²) in [6, 6.07) is 14.1. The fourth-order valence-electron chi connectivity index (χ4n) is 3.00. The second kappa shape index (κ2) is 9.63. The van der Waals surface area contributed by atoms with Crippen molar-refractivity contribution in [2.75, 3.05) is 19.8 Å². The Morgan fingerprint density at radius 2 is 1.75 bits per heavy atom. The van der Waals surface area contributed by atoms with Gasteiger partial charge < -0.3 is 14.8 Å². The Kier molecular flexibility index (Phi) is 7.50. The summed E-state index contributed by atoms with van der Waals surface area (Å²) in [6.07, 6.45) is 0. The molecule has 0 aromatic heterocycles. The lowest BCUT2D eigenvalue weighted by Gasteiger charge is -2.22. The van der Waals surface area contributed by atoms with Crippen LogP contribution < -0.4 is 14.8 Å². The van der Waals surface area contributed by atoms with E-state index in [-0.39, 0.29) is 17.9 Å². The highest BCUT2D eigenvalue weighted by molar-refractivity contribution is 5.77. The molecule has 1 N–H and O–H groups in total. The van der Waals surface area contributed by atoms with Crippen molar-refractivity contribution in [3.63, 3.8) is 0 Å². The van der Waals surface area contributed by atoms with Gasteiger partial charge in [0.1, 0.15) is 18.1 Å². The molecule has 2 rings (SSSR count). The topological polar surface area (TPSA) is 47.6 Å². The molecule has 0 aliphatic carbocycles. The van der Waals surface area contributed by atoms with Gasteiger partial charge in [-0.25, -0.2) is 0 Å². The zero-order valence-electron chi connectivity index (χ0n) is 18.0. The molecule has 0 saturated heterocycles. The molecule has 2 aromatic carbocycles. The summed E-state index contributed by atoms with van der Waals surface area (Å²) >= 11 is 0. The maximum Gasteiger partial charge on any atom is 0.258 e. The van der Waals surface area contributed by atoms with E-state index in [9.17, 15) is 4.79 Å². The summed E-state index contributed by atoms with van der Waals surface area (Å²) in [7, 11) is 0. The van der Waals surface area contributed by atoms with Gasteiger partial charge in [0.05, 0.1) is 6.54 Å². The van der Waals surface area contributed by atoms with Crippen LogP contribution in [0.1, 0.15) is 57.2 Å². The number of para-hydroxylation sites is 1. The van der Waals surface area contributed by atoms with Crippen LogP contribution in [-0.4, -0.2) is 25.7 Å². The average Bonchev–Trinajstić information content (AvgIpc) is 2.63. The van der Waals surface area contributed by atoms with Crippen molar-refractivity contribution in [3.8, 4) is 11.5 Å². The minimum atomic E-state index is -0.149. The van der Waals surface area contributed by atoms with Crippen LogP contribution in [0.3, 0.4) is 0 Å². The molecule has 4 heteroatoms. The summed E-state index contributed by atoms with van der Waals surface area (Å²) in [5, 5.41) is 2.86. The molecule has 0 radical (unpaired) electrons. The first kappa shape index (κ1) is 21.8. The van der Waals surface area contributed by atoms with Gasteiger partial charge in [0, 0.05) is 0 Å². The van der Waals surface area contributed by atoms with Crippen molar-refractivity contribution in [3.05, 3.63) is 59.2 Å². The first-order valence-electron chi connectivity index (χ1n) is 9.91. The molecular formula is C24H33NO3. The van der Waals surface area contributed by atoms with Gasteiger partial charge in [0.2, 0.25) is 0 Å². The van der Waals surface area contributed by atoms with E-state index >= 15 is 0 Å². The molecule has 0 spiro atoms. The standard InChI is InChI=1S/C24H33NO3/c1-17(2)19-12-11-18(3)15-22(19)28-16-23(26)25-13-14-27-21-10-8-7-9-20(21)24(4,5)6/h7-12,15,17H,13-14,16H2,1-6H3,(H,25,26). The SMILES string of the molecule is Cc1ccc(C(C)C)c(OCC(=O)NCCOc2ccccc2C(C)(C)C)c1. The summed E-state index contributed by atoms with van der Waals surface area (Å²) in [5.74, 6) is 1.83. The van der Waals surface area contributed by atoms with Gasteiger partial charge in [-0.1, -0.05) is 65.0 Å². The normalized spacial score (nSPS) is 11.4. The van der Waals surface area contributed by atoms with E-state index in [1.165, 1.54) is 0 Å². The van der Waals surface area contributed by atoms with Crippen molar-refractivity contribution in [2.45, 2.75) is 52.9 Å². The Balaban J connectivity index is 1.81. The number of aryl methyl sites for hydroxylation is 1. The van der Waals surface area contributed by atoms with E-state index in [1.54, 1.807) is 0 Å². The van der Waals surface area contributed by atoms with Crippen LogP contribution in [0.15, 0.2) is 42.5 Å². The van der Waals surface area contributed by atoms with Crippen molar-refractivity contribution >= 4 is 5.91 Å². The second-order valence-corrected chi connectivity index (χ2v) is 8.43. The molecule has 0 saturated carbocycles. The number of benzene rings is 2. The molecule has 0 bridgehead atoms. The molecule has 152 valence electrons. The molecule has 1 amide bonds. The molecule has 0 unspecified atom stereocenters. The fraction of sp³-hybridized carbons (Fsp3) is 0.458. The summed E-state index contributed by atoms with van der Waals surface area (Å²) in [5.41, 5.74) is 3.40. The summed E-state index contributed by atoms with van der Waals surface area (Å²) in [6.45, 7) is 13.6. The third kappa shape index (κ3) is 6.29. The van der Waals surface area contributed by atoms with Crippen molar-refractivity contribution in [1.82, 2.24) is 5.32 Å². The quantitative estimate of drug-likeness (QED) is 0.653. The number of amides is 1. The summed E-state index contributed by atoms with van der Waals surface area (Å²) in [4.78, 5) is 12.1. The Labute approximate surface area is 169 Å². The van der Waals surface area contributed by atoms with E-state index in [4.69, 9.17) is 9.47 Å². The average molecular weight is 384 g/mol. The molecule has 4 nitrogen and oxygen atoms in total. The number of hydrogen-bond acceptors (Lipinski definition) is 3. The number of rotatable bonds is 8. The van der Waals surface area contributed by atoms with Crippen LogP contribution in [0.2, 0.25) is 0 Å². The first-order chi connectivity index (χ1) is 13.2. The number of ether oxygens (including phenoxy) is 2. The van der Waals surface area contributed by atoms with Crippen LogP contribution >= 0.6 is 0 Å². The van der Waals surface area contributed by atoms with Gasteiger partial charge >= 0.3 is 0 Å². The lowest BCUT2D eigenvalue weighted by Crippen LogP contribution is -2.32. The molecule has 0 heterocycles. The highest BCUT2D eigenvalue weighted by Crippen LogP contribution is 2.31. The molecule has 0 aliphatic heterocycles. The monoisotopic (exact) mass is 383 g/mol. The minimum Gasteiger partial charge on any atom is -0.491 e. The van der Waals surface area contributed by atoms with Crippen LogP contribution in [0.25, 0.3) is 0 Å². The van der Waals surface area contributed by atoms with Crippen LogP contribution in [-0.2, 0) is 10.2 Å². The zero-order valence-corrected chi connectivity index (χ0v) is 18.0. The summed E-state index contributed by atoms with van der Waals surface area (Å²) < 4.78 is 11.7. The predicted octanol–water partition coefficient (Wildman–Crippen LogP) is 4.99. The van der Waals surface area contributed by atoms with Crippen molar-refractivity contribution in [2.24, 2.45) is 0 Å². The van der Waals surface area contributed by atoms with Gasteiger partial charge in [-0.15, -0.1) is 0 Å². The minimum absolute atomic E-state index is 0.00174. The number of carbonyl (C=O) groups excluding carboxylic acids is 1. The molecule has 0 atom stereocenters.